The van der Waals surface area contributed by atoms with Gasteiger partial charge in [0.2, 0.25) is 5.95 Å². The highest BCUT2D eigenvalue weighted by molar-refractivity contribution is 9.10. The fourth-order valence-corrected chi connectivity index (χ4v) is 2.63. The van der Waals surface area contributed by atoms with Crippen molar-refractivity contribution in [3.8, 4) is 11.8 Å². The lowest BCUT2D eigenvalue weighted by molar-refractivity contribution is 1.09. The third-order valence-electron chi connectivity index (χ3n) is 3.24. The highest BCUT2D eigenvalue weighted by atomic mass is 79.9. The molecule has 20 heavy (non-hydrogen) atoms. The predicted octanol–water partition coefficient (Wildman–Crippen LogP) is 3.55. The van der Waals surface area contributed by atoms with Gasteiger partial charge in [-0.05, 0) is 36.8 Å². The van der Waals surface area contributed by atoms with E-state index in [0.717, 1.165) is 21.2 Å². The number of halogens is 1. The average Bonchev–Trinajstić information content (AvgIpc) is 2.77. The van der Waals surface area contributed by atoms with E-state index in [4.69, 9.17) is 11.0 Å². The lowest BCUT2D eigenvalue weighted by Crippen LogP contribution is -2.02. The third-order valence-corrected chi connectivity index (χ3v) is 3.74. The first-order valence-electron chi connectivity index (χ1n) is 6.05. The fourth-order valence-electron chi connectivity index (χ4n) is 2.28. The zero-order valence-corrected chi connectivity index (χ0v) is 12.3. The Labute approximate surface area is 124 Å². The van der Waals surface area contributed by atoms with Crippen LogP contribution in [0.3, 0.4) is 0 Å². The van der Waals surface area contributed by atoms with Crippen LogP contribution in [0, 0.1) is 18.3 Å². The van der Waals surface area contributed by atoms with Gasteiger partial charge in [-0.1, -0.05) is 28.1 Å². The molecule has 2 N–H and O–H groups in total. The molecule has 0 aliphatic heterocycles. The van der Waals surface area contributed by atoms with Crippen LogP contribution >= 0.6 is 15.9 Å². The summed E-state index contributed by atoms with van der Waals surface area (Å²) in [5.74, 6) is 0.379. The number of hydrogen-bond acceptors (Lipinski definition) is 3. The normalized spacial score (nSPS) is 10.7. The van der Waals surface area contributed by atoms with E-state index in [0.29, 0.717) is 17.0 Å². The first-order chi connectivity index (χ1) is 9.61. The topological polar surface area (TPSA) is 67.6 Å². The zero-order valence-electron chi connectivity index (χ0n) is 10.8. The Morgan fingerprint density at radius 3 is 2.85 bits per heavy atom. The third kappa shape index (κ3) is 1.86. The lowest BCUT2D eigenvalue weighted by atomic mass is 10.1. The minimum atomic E-state index is 0.379. The van der Waals surface area contributed by atoms with E-state index >= 15 is 0 Å². The standard InChI is InChI=1S/C15H11BrN4/c1-9-5-6-11(16)7-13(9)20-12-4-2-3-10(8-17)14(12)19-15(20)18/h2-7H,1H3,(H2,18,19). The van der Waals surface area contributed by atoms with Gasteiger partial charge in [-0.3, -0.25) is 4.57 Å². The van der Waals surface area contributed by atoms with Gasteiger partial charge in [0.05, 0.1) is 16.8 Å². The minimum absolute atomic E-state index is 0.379. The van der Waals surface area contributed by atoms with E-state index in [9.17, 15) is 0 Å². The molecule has 98 valence electrons. The fraction of sp³-hybridized carbons (Fsp3) is 0.0667. The summed E-state index contributed by atoms with van der Waals surface area (Å²) in [6.45, 7) is 2.02. The average molecular weight is 327 g/mol. The molecule has 1 heterocycles. The number of imidazole rings is 1. The van der Waals surface area contributed by atoms with Gasteiger partial charge in [-0.25, -0.2) is 4.98 Å². The number of nitrogens with two attached hydrogens (primary N) is 1. The zero-order chi connectivity index (χ0) is 14.3. The SMILES string of the molecule is Cc1ccc(Br)cc1-n1c(N)nc2c(C#N)cccc21. The van der Waals surface area contributed by atoms with Crippen LogP contribution in [0.15, 0.2) is 40.9 Å². The van der Waals surface area contributed by atoms with Gasteiger partial charge in [-0.15, -0.1) is 0 Å². The molecule has 0 unspecified atom stereocenters. The summed E-state index contributed by atoms with van der Waals surface area (Å²) in [4.78, 5) is 4.33. The van der Waals surface area contributed by atoms with Crippen molar-refractivity contribution in [1.82, 2.24) is 9.55 Å². The second kappa shape index (κ2) is 4.66. The smallest absolute Gasteiger partial charge is 0.205 e. The molecule has 4 nitrogen and oxygen atoms in total. The Morgan fingerprint density at radius 1 is 1.30 bits per heavy atom. The number of aryl methyl sites for hydroxylation is 1. The summed E-state index contributed by atoms with van der Waals surface area (Å²) in [6.07, 6.45) is 0. The van der Waals surface area contributed by atoms with E-state index in [1.165, 1.54) is 0 Å². The van der Waals surface area contributed by atoms with Crippen LogP contribution in [-0.4, -0.2) is 9.55 Å². The molecule has 0 amide bonds. The Morgan fingerprint density at radius 2 is 2.10 bits per heavy atom. The maximum atomic E-state index is 9.16. The first kappa shape index (κ1) is 12.7. The molecule has 0 spiro atoms. The second-order valence-corrected chi connectivity index (χ2v) is 5.44. The van der Waals surface area contributed by atoms with Crippen molar-refractivity contribution < 1.29 is 0 Å². The number of fused-ring (bicyclic) bond motifs is 1. The summed E-state index contributed by atoms with van der Waals surface area (Å²) < 4.78 is 2.84. The summed E-state index contributed by atoms with van der Waals surface area (Å²) in [5.41, 5.74) is 10.1. The summed E-state index contributed by atoms with van der Waals surface area (Å²) in [5, 5.41) is 9.16. The van der Waals surface area contributed by atoms with Crippen LogP contribution in [0.25, 0.3) is 16.7 Å². The van der Waals surface area contributed by atoms with Crippen molar-refractivity contribution in [3.05, 3.63) is 52.0 Å². The van der Waals surface area contributed by atoms with Gasteiger partial charge in [0.15, 0.2) is 0 Å². The summed E-state index contributed by atoms with van der Waals surface area (Å²) in [6, 6.07) is 13.6. The maximum Gasteiger partial charge on any atom is 0.205 e. The van der Waals surface area contributed by atoms with Gasteiger partial charge in [0.1, 0.15) is 11.6 Å². The van der Waals surface area contributed by atoms with Crippen LogP contribution in [-0.2, 0) is 0 Å². The molecule has 3 aromatic rings. The second-order valence-electron chi connectivity index (χ2n) is 4.52. The number of hydrogen-bond donors (Lipinski definition) is 1. The molecule has 0 atom stereocenters. The van der Waals surface area contributed by atoms with Crippen molar-refractivity contribution in [2.75, 3.05) is 5.73 Å². The van der Waals surface area contributed by atoms with Crippen LogP contribution in [0.2, 0.25) is 0 Å². The molecular formula is C15H11BrN4. The van der Waals surface area contributed by atoms with Crippen molar-refractivity contribution in [2.24, 2.45) is 0 Å². The molecule has 2 aromatic carbocycles. The molecule has 0 saturated heterocycles. The van der Waals surface area contributed by atoms with E-state index in [1.54, 1.807) is 6.07 Å². The molecular weight excluding hydrogens is 316 g/mol. The number of anilines is 1. The molecule has 0 saturated carbocycles. The molecule has 0 radical (unpaired) electrons. The van der Waals surface area contributed by atoms with Gasteiger partial charge < -0.3 is 5.73 Å². The van der Waals surface area contributed by atoms with E-state index in [1.807, 2.05) is 41.8 Å². The van der Waals surface area contributed by atoms with Crippen LogP contribution in [0.5, 0.6) is 0 Å². The first-order valence-corrected chi connectivity index (χ1v) is 6.84. The lowest BCUT2D eigenvalue weighted by Gasteiger charge is -2.10. The van der Waals surface area contributed by atoms with E-state index in [-0.39, 0.29) is 0 Å². The van der Waals surface area contributed by atoms with Crippen molar-refractivity contribution in [1.29, 1.82) is 5.26 Å². The van der Waals surface area contributed by atoms with Crippen molar-refractivity contribution in [3.63, 3.8) is 0 Å². The quantitative estimate of drug-likeness (QED) is 0.743. The number of benzene rings is 2. The molecule has 0 fully saturated rings. The highest BCUT2D eigenvalue weighted by Gasteiger charge is 2.14. The number of nitriles is 1. The largest absolute Gasteiger partial charge is 0.369 e. The van der Waals surface area contributed by atoms with E-state index in [2.05, 4.69) is 27.0 Å². The van der Waals surface area contributed by atoms with Crippen LogP contribution < -0.4 is 5.73 Å². The van der Waals surface area contributed by atoms with E-state index < -0.39 is 0 Å². The summed E-state index contributed by atoms with van der Waals surface area (Å²) >= 11 is 3.47. The monoisotopic (exact) mass is 326 g/mol. The number of nitrogens with zero attached hydrogens (tertiary/aromatic N) is 3. The van der Waals surface area contributed by atoms with Crippen LogP contribution in [0.4, 0.5) is 5.95 Å². The predicted molar refractivity (Wildman–Crippen MR) is 82.6 cm³/mol. The Balaban J connectivity index is 2.40. The molecule has 1 aromatic heterocycles. The summed E-state index contributed by atoms with van der Waals surface area (Å²) in [7, 11) is 0. The maximum absolute atomic E-state index is 9.16. The van der Waals surface area contributed by atoms with Gasteiger partial charge in [0, 0.05) is 4.47 Å². The number of rotatable bonds is 1. The molecule has 3 rings (SSSR count). The Hall–Kier alpha value is -2.32. The Kier molecular flexibility index (Phi) is 2.96. The Bertz CT molecular complexity index is 858. The minimum Gasteiger partial charge on any atom is -0.369 e. The van der Waals surface area contributed by atoms with Crippen molar-refractivity contribution in [2.45, 2.75) is 6.92 Å². The van der Waals surface area contributed by atoms with Gasteiger partial charge >= 0.3 is 0 Å². The molecule has 0 aliphatic carbocycles. The molecule has 5 heteroatoms. The highest BCUT2D eigenvalue weighted by Crippen LogP contribution is 2.28. The van der Waals surface area contributed by atoms with Crippen LogP contribution in [0.1, 0.15) is 11.1 Å². The van der Waals surface area contributed by atoms with Crippen molar-refractivity contribution >= 4 is 32.9 Å². The number of nitrogen functional groups attached to an aromatic ring is 1. The van der Waals surface area contributed by atoms with Gasteiger partial charge in [0.25, 0.3) is 0 Å². The molecule has 0 aliphatic rings. The number of para-hydroxylation sites is 1. The van der Waals surface area contributed by atoms with Gasteiger partial charge in [-0.2, -0.15) is 5.26 Å². The number of aromatic nitrogens is 2. The molecule has 0 bridgehead atoms.